The topological polar surface area (TPSA) is 83.1 Å². The molecule has 0 atom stereocenters. The van der Waals surface area contributed by atoms with E-state index >= 15 is 0 Å². The molecule has 1 aromatic carbocycles. The Kier molecular flexibility index (Phi) is 7.04. The maximum atomic E-state index is 11.7. The number of nitrogens with one attached hydrogen (secondary N) is 3. The minimum absolute atomic E-state index is 0.0747. The van der Waals surface area contributed by atoms with Gasteiger partial charge in [0.05, 0.1) is 6.54 Å². The van der Waals surface area contributed by atoms with Gasteiger partial charge in [-0.05, 0) is 29.8 Å². The quantitative estimate of drug-likeness (QED) is 0.716. The summed E-state index contributed by atoms with van der Waals surface area (Å²) in [7, 11) is 0. The number of aromatic nitrogens is 1. The van der Waals surface area contributed by atoms with Gasteiger partial charge in [-0.1, -0.05) is 29.8 Å². The van der Waals surface area contributed by atoms with E-state index in [0.717, 1.165) is 11.3 Å². The normalized spacial score (nSPS) is 10.0. The molecule has 0 unspecified atom stereocenters. The molecule has 0 aliphatic carbocycles. The molecule has 0 fully saturated rings. The highest BCUT2D eigenvalue weighted by atomic mass is 35.5. The molecule has 6 nitrogen and oxygen atoms in total. The van der Waals surface area contributed by atoms with Gasteiger partial charge in [0.15, 0.2) is 0 Å². The Morgan fingerprint density at radius 3 is 2.50 bits per heavy atom. The molecule has 0 radical (unpaired) electrons. The summed E-state index contributed by atoms with van der Waals surface area (Å²) in [4.78, 5) is 27.5. The number of nitrogens with zero attached hydrogens (tertiary/aromatic N) is 1. The molecule has 24 heavy (non-hydrogen) atoms. The maximum absolute atomic E-state index is 11.7. The van der Waals surface area contributed by atoms with E-state index in [9.17, 15) is 9.59 Å². The van der Waals surface area contributed by atoms with Crippen LogP contribution in [0.5, 0.6) is 0 Å². The highest BCUT2D eigenvalue weighted by Crippen LogP contribution is 2.08. The summed E-state index contributed by atoms with van der Waals surface area (Å²) < 4.78 is 0. The van der Waals surface area contributed by atoms with Crippen molar-refractivity contribution in [2.45, 2.75) is 13.0 Å². The summed E-state index contributed by atoms with van der Waals surface area (Å²) in [6.45, 7) is 0.767. The van der Waals surface area contributed by atoms with Crippen LogP contribution in [-0.4, -0.2) is 30.0 Å². The second-order valence-electron chi connectivity index (χ2n) is 5.08. The van der Waals surface area contributed by atoms with E-state index in [0.29, 0.717) is 24.5 Å². The van der Waals surface area contributed by atoms with Gasteiger partial charge in [0, 0.05) is 36.4 Å². The summed E-state index contributed by atoms with van der Waals surface area (Å²) in [6, 6.07) is 12.4. The molecule has 1 aromatic heterocycles. The summed E-state index contributed by atoms with van der Waals surface area (Å²) in [5.41, 5.74) is 1.83. The number of carbonyl (C=O) groups excluding carboxylic acids is 2. The number of hydrogen-bond acceptors (Lipinski definition) is 3. The van der Waals surface area contributed by atoms with Crippen molar-refractivity contribution in [3.63, 3.8) is 0 Å². The van der Waals surface area contributed by atoms with Gasteiger partial charge >= 0.3 is 6.03 Å². The molecular formula is C17H19ClN4O2. The van der Waals surface area contributed by atoms with Crippen molar-refractivity contribution < 1.29 is 9.59 Å². The molecule has 0 bridgehead atoms. The van der Waals surface area contributed by atoms with E-state index in [1.54, 1.807) is 18.3 Å². The SMILES string of the molecule is O=C(CNC(=O)NCc1ccc(Cl)cc1)NCCc1ccccn1. The molecule has 126 valence electrons. The molecule has 7 heteroatoms. The van der Waals surface area contributed by atoms with Crippen molar-refractivity contribution >= 4 is 23.5 Å². The predicted molar refractivity (Wildman–Crippen MR) is 92.6 cm³/mol. The number of urea groups is 1. The zero-order valence-corrected chi connectivity index (χ0v) is 13.8. The first-order chi connectivity index (χ1) is 11.6. The van der Waals surface area contributed by atoms with Crippen molar-refractivity contribution in [1.29, 1.82) is 0 Å². The average molecular weight is 347 g/mol. The van der Waals surface area contributed by atoms with Crippen molar-refractivity contribution in [3.8, 4) is 0 Å². The second kappa shape index (κ2) is 9.52. The maximum Gasteiger partial charge on any atom is 0.315 e. The third kappa shape index (κ3) is 6.66. The first-order valence-electron chi connectivity index (χ1n) is 7.56. The number of pyridine rings is 1. The molecule has 0 saturated carbocycles. The van der Waals surface area contributed by atoms with Crippen LogP contribution in [0, 0.1) is 0 Å². The summed E-state index contributed by atoms with van der Waals surface area (Å²) in [5.74, 6) is -0.243. The van der Waals surface area contributed by atoms with Gasteiger partial charge in [0.25, 0.3) is 0 Å². The Hall–Kier alpha value is -2.60. The van der Waals surface area contributed by atoms with Crippen molar-refractivity contribution in [2.24, 2.45) is 0 Å². The van der Waals surface area contributed by atoms with E-state index in [2.05, 4.69) is 20.9 Å². The minimum atomic E-state index is -0.398. The second-order valence-corrected chi connectivity index (χ2v) is 5.52. The van der Waals surface area contributed by atoms with Gasteiger partial charge < -0.3 is 16.0 Å². The van der Waals surface area contributed by atoms with Crippen LogP contribution in [0.15, 0.2) is 48.7 Å². The van der Waals surface area contributed by atoms with Crippen LogP contribution in [0.3, 0.4) is 0 Å². The molecule has 1 heterocycles. The van der Waals surface area contributed by atoms with Gasteiger partial charge in [0.2, 0.25) is 5.91 Å². The molecule has 0 aliphatic rings. The Labute approximate surface area is 145 Å². The standard InChI is InChI=1S/C17H19ClN4O2/c18-14-6-4-13(5-7-14)11-21-17(24)22-12-16(23)20-10-8-15-3-1-2-9-19-15/h1-7,9H,8,10-12H2,(H,20,23)(H2,21,22,24). The summed E-state index contributed by atoms with van der Waals surface area (Å²) >= 11 is 5.79. The van der Waals surface area contributed by atoms with E-state index in [-0.39, 0.29) is 12.5 Å². The largest absolute Gasteiger partial charge is 0.354 e. The molecule has 0 saturated heterocycles. The first kappa shape index (κ1) is 17.7. The molecule has 3 N–H and O–H groups in total. The highest BCUT2D eigenvalue weighted by Gasteiger charge is 2.05. The number of amides is 3. The third-order valence-corrected chi connectivity index (χ3v) is 3.46. The van der Waals surface area contributed by atoms with Crippen LogP contribution in [0.25, 0.3) is 0 Å². The molecule has 2 aromatic rings. The van der Waals surface area contributed by atoms with Crippen LogP contribution < -0.4 is 16.0 Å². The number of halogens is 1. The molecular weight excluding hydrogens is 328 g/mol. The Bertz CT molecular complexity index is 662. The monoisotopic (exact) mass is 346 g/mol. The van der Waals surface area contributed by atoms with Crippen LogP contribution in [0.1, 0.15) is 11.3 Å². The lowest BCUT2D eigenvalue weighted by Gasteiger charge is -2.08. The average Bonchev–Trinajstić information content (AvgIpc) is 2.60. The molecule has 3 amide bonds. The Balaban J connectivity index is 1.59. The fourth-order valence-corrected chi connectivity index (χ4v) is 2.07. The number of hydrogen-bond donors (Lipinski definition) is 3. The molecule has 0 spiro atoms. The van der Waals surface area contributed by atoms with Crippen molar-refractivity contribution in [3.05, 3.63) is 64.9 Å². The van der Waals surface area contributed by atoms with Gasteiger partial charge in [-0.3, -0.25) is 9.78 Å². The van der Waals surface area contributed by atoms with Crippen LogP contribution in [-0.2, 0) is 17.8 Å². The smallest absolute Gasteiger partial charge is 0.315 e. The van der Waals surface area contributed by atoms with Gasteiger partial charge in [-0.15, -0.1) is 0 Å². The van der Waals surface area contributed by atoms with Crippen LogP contribution in [0.4, 0.5) is 4.79 Å². The van der Waals surface area contributed by atoms with E-state index in [4.69, 9.17) is 11.6 Å². The van der Waals surface area contributed by atoms with Gasteiger partial charge in [-0.2, -0.15) is 0 Å². The lowest BCUT2D eigenvalue weighted by atomic mass is 10.2. The number of benzene rings is 1. The third-order valence-electron chi connectivity index (χ3n) is 3.21. The van der Waals surface area contributed by atoms with E-state index < -0.39 is 6.03 Å². The van der Waals surface area contributed by atoms with Crippen LogP contribution >= 0.6 is 11.6 Å². The van der Waals surface area contributed by atoms with Gasteiger partial charge in [-0.25, -0.2) is 4.79 Å². The molecule has 0 aliphatic heterocycles. The lowest BCUT2D eigenvalue weighted by molar-refractivity contribution is -0.120. The Morgan fingerprint density at radius 1 is 1.00 bits per heavy atom. The fraction of sp³-hybridized carbons (Fsp3) is 0.235. The highest BCUT2D eigenvalue weighted by molar-refractivity contribution is 6.30. The molecule has 2 rings (SSSR count). The number of rotatable bonds is 7. The fourth-order valence-electron chi connectivity index (χ4n) is 1.95. The first-order valence-corrected chi connectivity index (χ1v) is 7.94. The summed E-state index contributed by atoms with van der Waals surface area (Å²) in [5, 5.41) is 8.56. The lowest BCUT2D eigenvalue weighted by Crippen LogP contribution is -2.42. The zero-order valence-electron chi connectivity index (χ0n) is 13.1. The van der Waals surface area contributed by atoms with Gasteiger partial charge in [0.1, 0.15) is 0 Å². The van der Waals surface area contributed by atoms with E-state index in [1.165, 1.54) is 0 Å². The number of carbonyl (C=O) groups is 2. The minimum Gasteiger partial charge on any atom is -0.354 e. The van der Waals surface area contributed by atoms with E-state index in [1.807, 2.05) is 30.3 Å². The predicted octanol–water partition coefficient (Wildman–Crippen LogP) is 1.89. The summed E-state index contributed by atoms with van der Waals surface area (Å²) in [6.07, 6.45) is 2.36. The Morgan fingerprint density at radius 2 is 1.79 bits per heavy atom. The van der Waals surface area contributed by atoms with Crippen LogP contribution in [0.2, 0.25) is 5.02 Å². The van der Waals surface area contributed by atoms with Crippen molar-refractivity contribution in [2.75, 3.05) is 13.1 Å². The van der Waals surface area contributed by atoms with Crippen molar-refractivity contribution in [1.82, 2.24) is 20.9 Å². The zero-order chi connectivity index (χ0) is 17.2.